The zero-order valence-corrected chi connectivity index (χ0v) is 19.5. The molecule has 0 aliphatic carbocycles. The van der Waals surface area contributed by atoms with E-state index >= 15 is 0 Å². The Morgan fingerprint density at radius 3 is 2.67 bits per heavy atom. The lowest BCUT2D eigenvalue weighted by Gasteiger charge is -2.26. The van der Waals surface area contributed by atoms with Gasteiger partial charge in [0.2, 0.25) is 11.9 Å². The quantitative estimate of drug-likeness (QED) is 0.512. The van der Waals surface area contributed by atoms with E-state index in [2.05, 4.69) is 20.4 Å². The smallest absolute Gasteiger partial charge is 0.232 e. The third-order valence-corrected chi connectivity index (χ3v) is 6.77. The number of hydrogen-bond donors (Lipinski definition) is 1. The maximum Gasteiger partial charge on any atom is 0.232 e. The molecule has 1 N–H and O–H groups in total. The van der Waals surface area contributed by atoms with Crippen LogP contribution in [-0.2, 0) is 4.79 Å². The van der Waals surface area contributed by atoms with E-state index in [1.54, 1.807) is 0 Å². The van der Waals surface area contributed by atoms with E-state index < -0.39 is 0 Å². The van der Waals surface area contributed by atoms with Crippen molar-refractivity contribution in [3.8, 4) is 17.2 Å². The third-order valence-electron chi connectivity index (χ3n) is 5.53. The Balaban J connectivity index is 1.23. The number of nitrogens with one attached hydrogen (secondary N) is 1. The molecule has 172 valence electrons. The molecule has 1 saturated heterocycles. The SMILES string of the molecule is O=C(CSc1nnc(N2CCCC2)n1-c1ccccc1Cl)NC[C@H]1COc2ccccc2O1. The van der Waals surface area contributed by atoms with Crippen LogP contribution in [0.25, 0.3) is 5.69 Å². The molecule has 0 bridgehead atoms. The Labute approximate surface area is 201 Å². The summed E-state index contributed by atoms with van der Waals surface area (Å²) in [6.45, 7) is 2.62. The summed E-state index contributed by atoms with van der Waals surface area (Å²) in [6.07, 6.45) is 2.01. The summed E-state index contributed by atoms with van der Waals surface area (Å²) in [5, 5.41) is 13.0. The van der Waals surface area contributed by atoms with E-state index in [0.717, 1.165) is 43.3 Å². The molecule has 2 aliphatic rings. The predicted molar refractivity (Wildman–Crippen MR) is 128 cm³/mol. The molecule has 0 unspecified atom stereocenters. The van der Waals surface area contributed by atoms with Crippen molar-refractivity contribution in [3.63, 3.8) is 0 Å². The molecule has 0 radical (unpaired) electrons. The number of carbonyl (C=O) groups is 1. The number of thioether (sulfide) groups is 1. The summed E-state index contributed by atoms with van der Waals surface area (Å²) in [4.78, 5) is 14.8. The van der Waals surface area contributed by atoms with Gasteiger partial charge in [-0.3, -0.25) is 9.36 Å². The van der Waals surface area contributed by atoms with Crippen molar-refractivity contribution in [1.29, 1.82) is 0 Å². The molecule has 1 amide bonds. The number of rotatable bonds is 7. The van der Waals surface area contributed by atoms with E-state index in [4.69, 9.17) is 21.1 Å². The van der Waals surface area contributed by atoms with Crippen LogP contribution in [0.2, 0.25) is 5.02 Å². The molecule has 1 fully saturated rings. The highest BCUT2D eigenvalue weighted by molar-refractivity contribution is 7.99. The summed E-state index contributed by atoms with van der Waals surface area (Å²) in [5.41, 5.74) is 0.806. The van der Waals surface area contributed by atoms with Gasteiger partial charge in [0.15, 0.2) is 16.7 Å². The van der Waals surface area contributed by atoms with Gasteiger partial charge >= 0.3 is 0 Å². The van der Waals surface area contributed by atoms with E-state index in [-0.39, 0.29) is 17.8 Å². The van der Waals surface area contributed by atoms with Gasteiger partial charge in [-0.2, -0.15) is 0 Å². The summed E-state index contributed by atoms with van der Waals surface area (Å²) in [7, 11) is 0. The van der Waals surface area contributed by atoms with E-state index in [1.807, 2.05) is 53.1 Å². The molecule has 0 saturated carbocycles. The first-order chi connectivity index (χ1) is 16.2. The van der Waals surface area contributed by atoms with Gasteiger partial charge in [-0.05, 0) is 37.1 Å². The fourth-order valence-corrected chi connectivity index (χ4v) is 4.88. The minimum Gasteiger partial charge on any atom is -0.486 e. The number of anilines is 1. The molecule has 2 aromatic carbocycles. The number of hydrogen-bond acceptors (Lipinski definition) is 7. The standard InChI is InChI=1S/C23H24ClN5O3S/c24-17-7-1-2-8-18(17)29-22(28-11-5-6-12-28)26-27-23(29)33-15-21(30)25-13-16-14-31-19-9-3-4-10-20(19)32-16/h1-4,7-10,16H,5-6,11-15H2,(H,25,30)/t16-/m0/s1. The van der Waals surface area contributed by atoms with Crippen molar-refractivity contribution in [2.45, 2.75) is 24.1 Å². The van der Waals surface area contributed by atoms with Gasteiger partial charge in [-0.1, -0.05) is 47.6 Å². The average Bonchev–Trinajstić information content (AvgIpc) is 3.51. The summed E-state index contributed by atoms with van der Waals surface area (Å²) >= 11 is 7.82. The Morgan fingerprint density at radius 2 is 1.85 bits per heavy atom. The lowest BCUT2D eigenvalue weighted by molar-refractivity contribution is -0.119. The Kier molecular flexibility index (Phi) is 6.59. The van der Waals surface area contributed by atoms with Crippen LogP contribution in [0.4, 0.5) is 5.95 Å². The lowest BCUT2D eigenvalue weighted by atomic mass is 10.2. The molecule has 8 nitrogen and oxygen atoms in total. The van der Waals surface area contributed by atoms with Crippen LogP contribution < -0.4 is 19.7 Å². The van der Waals surface area contributed by atoms with Crippen LogP contribution in [0.3, 0.4) is 0 Å². The second-order valence-corrected chi connectivity index (χ2v) is 9.20. The number of benzene rings is 2. The van der Waals surface area contributed by atoms with Gasteiger partial charge in [0.25, 0.3) is 0 Å². The van der Waals surface area contributed by atoms with Gasteiger partial charge in [-0.25, -0.2) is 0 Å². The second kappa shape index (κ2) is 9.93. The lowest BCUT2D eigenvalue weighted by Crippen LogP contribution is -2.41. The van der Waals surface area contributed by atoms with Crippen LogP contribution in [0, 0.1) is 0 Å². The second-order valence-electron chi connectivity index (χ2n) is 7.85. The van der Waals surface area contributed by atoms with Crippen LogP contribution >= 0.6 is 23.4 Å². The van der Waals surface area contributed by atoms with E-state index in [0.29, 0.717) is 29.1 Å². The van der Waals surface area contributed by atoms with Crippen LogP contribution in [-0.4, -0.2) is 58.8 Å². The maximum atomic E-state index is 12.6. The molecule has 33 heavy (non-hydrogen) atoms. The molecule has 0 spiro atoms. The molecule has 3 heterocycles. The number of fused-ring (bicyclic) bond motifs is 1. The van der Waals surface area contributed by atoms with Gasteiger partial charge in [0.1, 0.15) is 12.7 Å². The van der Waals surface area contributed by atoms with Crippen molar-refractivity contribution in [2.75, 3.05) is 36.9 Å². The first kappa shape index (κ1) is 21.9. The van der Waals surface area contributed by atoms with Crippen LogP contribution in [0.5, 0.6) is 11.5 Å². The highest BCUT2D eigenvalue weighted by Gasteiger charge is 2.25. The van der Waals surface area contributed by atoms with E-state index in [1.165, 1.54) is 11.8 Å². The Morgan fingerprint density at radius 1 is 1.09 bits per heavy atom. The van der Waals surface area contributed by atoms with Gasteiger partial charge in [0.05, 0.1) is 23.0 Å². The molecule has 3 aromatic rings. The average molecular weight is 486 g/mol. The zero-order valence-electron chi connectivity index (χ0n) is 17.9. The number of carbonyl (C=O) groups excluding carboxylic acids is 1. The predicted octanol–water partition coefficient (Wildman–Crippen LogP) is 3.57. The summed E-state index contributed by atoms with van der Waals surface area (Å²) in [5.74, 6) is 2.27. The topological polar surface area (TPSA) is 81.5 Å². The molecule has 1 atom stereocenters. The first-order valence-electron chi connectivity index (χ1n) is 10.9. The summed E-state index contributed by atoms with van der Waals surface area (Å²) < 4.78 is 13.6. The molecular formula is C23H24ClN5O3S. The van der Waals surface area contributed by atoms with Gasteiger partial charge in [0, 0.05) is 13.1 Å². The number of nitrogens with zero attached hydrogens (tertiary/aromatic N) is 4. The Bertz CT molecular complexity index is 1130. The zero-order chi connectivity index (χ0) is 22.6. The number of para-hydroxylation sites is 3. The largest absolute Gasteiger partial charge is 0.486 e. The fourth-order valence-electron chi connectivity index (χ4n) is 3.89. The number of amides is 1. The highest BCUT2D eigenvalue weighted by Crippen LogP contribution is 2.32. The number of halogens is 1. The van der Waals surface area contributed by atoms with Crippen molar-refractivity contribution in [2.24, 2.45) is 0 Å². The minimum atomic E-state index is -0.234. The summed E-state index contributed by atoms with van der Waals surface area (Å²) in [6, 6.07) is 15.1. The van der Waals surface area contributed by atoms with Gasteiger partial charge in [-0.15, -0.1) is 10.2 Å². The molecule has 1 aromatic heterocycles. The van der Waals surface area contributed by atoms with Gasteiger partial charge < -0.3 is 19.7 Å². The van der Waals surface area contributed by atoms with E-state index in [9.17, 15) is 4.79 Å². The number of aromatic nitrogens is 3. The molecule has 5 rings (SSSR count). The van der Waals surface area contributed by atoms with Crippen LogP contribution in [0.1, 0.15) is 12.8 Å². The van der Waals surface area contributed by atoms with Crippen molar-refractivity contribution in [3.05, 3.63) is 53.6 Å². The van der Waals surface area contributed by atoms with Crippen LogP contribution in [0.15, 0.2) is 53.7 Å². The van der Waals surface area contributed by atoms with Crippen molar-refractivity contribution < 1.29 is 14.3 Å². The Hall–Kier alpha value is -2.91. The molecule has 10 heteroatoms. The van der Waals surface area contributed by atoms with Crippen molar-refractivity contribution >= 4 is 35.2 Å². The minimum absolute atomic E-state index is 0.112. The fraction of sp³-hybridized carbons (Fsp3) is 0.348. The monoisotopic (exact) mass is 485 g/mol. The molecular weight excluding hydrogens is 462 g/mol. The molecule has 2 aliphatic heterocycles. The highest BCUT2D eigenvalue weighted by atomic mass is 35.5. The van der Waals surface area contributed by atoms with Crippen molar-refractivity contribution in [1.82, 2.24) is 20.1 Å². The third kappa shape index (κ3) is 4.89. The maximum absolute atomic E-state index is 12.6. The normalized spacial score (nSPS) is 17.2. The first-order valence-corrected chi connectivity index (χ1v) is 12.3. The number of ether oxygens (including phenoxy) is 2.